The van der Waals surface area contributed by atoms with Crippen LogP contribution in [0.25, 0.3) is 27.1 Å². The number of nitrogens with zero attached hydrogens (tertiary/aromatic N) is 2. The zero-order chi connectivity index (χ0) is 15.2. The van der Waals surface area contributed by atoms with Crippen LogP contribution in [0.2, 0.25) is 0 Å². The summed E-state index contributed by atoms with van der Waals surface area (Å²) in [6, 6.07) is 15.6. The first-order chi connectivity index (χ1) is 11.4. The summed E-state index contributed by atoms with van der Waals surface area (Å²) in [5, 5.41) is 2.84. The molecule has 1 aliphatic rings. The lowest BCUT2D eigenvalue weighted by Crippen LogP contribution is -1.84. The van der Waals surface area contributed by atoms with Crippen LogP contribution in [0.4, 0.5) is 0 Å². The Labute approximate surface area is 134 Å². The van der Waals surface area contributed by atoms with Gasteiger partial charge in [0.1, 0.15) is 11.0 Å². The molecule has 5 heteroatoms. The SMILES string of the molecule is C1=C[SH](c2nc3ccccc3o2)C(c2nc3ccccc3o2)=C1. The van der Waals surface area contributed by atoms with Crippen molar-refractivity contribution in [2.45, 2.75) is 5.22 Å². The highest BCUT2D eigenvalue weighted by atomic mass is 32.2. The minimum absolute atomic E-state index is 0.643. The van der Waals surface area contributed by atoms with Gasteiger partial charge in [0.05, 0.1) is 4.91 Å². The standard InChI is InChI=1S/C18H12N2O2S/c1-3-8-14-12(6-1)19-17(21-14)16-10-5-11-23(16)18-20-13-7-2-4-9-15(13)22-18/h1-11,23H. The van der Waals surface area contributed by atoms with Crippen LogP contribution in [-0.4, -0.2) is 9.97 Å². The van der Waals surface area contributed by atoms with Crippen molar-refractivity contribution in [1.29, 1.82) is 0 Å². The molecule has 0 radical (unpaired) electrons. The Morgan fingerprint density at radius 3 is 2.22 bits per heavy atom. The second-order valence-electron chi connectivity index (χ2n) is 5.21. The van der Waals surface area contributed by atoms with Gasteiger partial charge in [-0.15, -0.1) is 10.9 Å². The van der Waals surface area contributed by atoms with Gasteiger partial charge in [0.25, 0.3) is 0 Å². The molecule has 1 atom stereocenters. The Morgan fingerprint density at radius 2 is 1.48 bits per heavy atom. The Bertz CT molecular complexity index is 1020. The molecule has 4 aromatic rings. The quantitative estimate of drug-likeness (QED) is 0.534. The fraction of sp³-hybridized carbons (Fsp3) is 0. The Hall–Kier alpha value is -2.79. The van der Waals surface area contributed by atoms with Crippen LogP contribution in [0.15, 0.2) is 80.1 Å². The van der Waals surface area contributed by atoms with Crippen molar-refractivity contribution in [2.24, 2.45) is 0 Å². The smallest absolute Gasteiger partial charge is 0.244 e. The molecule has 0 saturated heterocycles. The number of benzene rings is 2. The zero-order valence-corrected chi connectivity index (χ0v) is 12.9. The summed E-state index contributed by atoms with van der Waals surface area (Å²) < 4.78 is 11.8. The first kappa shape index (κ1) is 12.7. The third-order valence-corrected chi connectivity index (χ3v) is 5.68. The summed E-state index contributed by atoms with van der Waals surface area (Å²) in [7, 11) is -0.817. The van der Waals surface area contributed by atoms with E-state index < -0.39 is 10.9 Å². The molecule has 0 amide bonds. The second-order valence-corrected chi connectivity index (χ2v) is 7.12. The van der Waals surface area contributed by atoms with Crippen LogP contribution in [0, 0.1) is 0 Å². The Balaban J connectivity index is 1.60. The van der Waals surface area contributed by atoms with Crippen LogP contribution < -0.4 is 0 Å². The number of hydrogen-bond acceptors (Lipinski definition) is 4. The summed E-state index contributed by atoms with van der Waals surface area (Å²) in [5.41, 5.74) is 3.34. The maximum Gasteiger partial charge on any atom is 0.244 e. The fourth-order valence-corrected chi connectivity index (χ4v) is 4.38. The molecule has 0 N–H and O–H groups in total. The van der Waals surface area contributed by atoms with Crippen molar-refractivity contribution >= 4 is 38.0 Å². The predicted molar refractivity (Wildman–Crippen MR) is 92.4 cm³/mol. The topological polar surface area (TPSA) is 52.1 Å². The maximum absolute atomic E-state index is 5.93. The van der Waals surface area contributed by atoms with E-state index in [9.17, 15) is 0 Å². The number of oxazole rings is 2. The van der Waals surface area contributed by atoms with E-state index in [1.54, 1.807) is 0 Å². The minimum Gasteiger partial charge on any atom is -0.436 e. The molecular formula is C18H12N2O2S. The molecule has 2 aromatic heterocycles. The molecule has 0 spiro atoms. The summed E-state index contributed by atoms with van der Waals surface area (Å²) in [4.78, 5) is 10.3. The summed E-state index contributed by atoms with van der Waals surface area (Å²) in [6.07, 6.45) is 4.05. The number of thiol groups is 1. The van der Waals surface area contributed by atoms with Crippen molar-refractivity contribution in [2.75, 3.05) is 0 Å². The molecule has 1 aliphatic heterocycles. The van der Waals surface area contributed by atoms with Crippen molar-refractivity contribution in [3.05, 3.63) is 72.0 Å². The molecule has 0 bridgehead atoms. The van der Waals surface area contributed by atoms with Crippen molar-refractivity contribution < 1.29 is 8.83 Å². The molecule has 0 fully saturated rings. The van der Waals surface area contributed by atoms with E-state index in [-0.39, 0.29) is 0 Å². The third-order valence-electron chi connectivity index (χ3n) is 3.75. The molecule has 4 nitrogen and oxygen atoms in total. The third kappa shape index (κ3) is 2.01. The second kappa shape index (κ2) is 4.86. The summed E-state index contributed by atoms with van der Waals surface area (Å²) in [5.74, 6) is 0.643. The highest BCUT2D eigenvalue weighted by Gasteiger charge is 2.24. The van der Waals surface area contributed by atoms with Gasteiger partial charge in [-0.1, -0.05) is 30.3 Å². The molecular weight excluding hydrogens is 308 g/mol. The number of aromatic nitrogens is 2. The van der Waals surface area contributed by atoms with Crippen molar-refractivity contribution in [3.63, 3.8) is 0 Å². The minimum atomic E-state index is -0.817. The van der Waals surface area contributed by atoms with Crippen LogP contribution in [0.3, 0.4) is 0 Å². The first-order valence-corrected chi connectivity index (χ1v) is 8.69. The molecule has 2 aromatic carbocycles. The Kier molecular flexibility index (Phi) is 2.69. The van der Waals surface area contributed by atoms with E-state index in [0.29, 0.717) is 5.89 Å². The highest BCUT2D eigenvalue weighted by molar-refractivity contribution is 8.27. The maximum atomic E-state index is 5.93. The number of hydrogen-bond donors (Lipinski definition) is 1. The molecule has 5 rings (SSSR count). The van der Waals surface area contributed by atoms with Gasteiger partial charge >= 0.3 is 0 Å². The van der Waals surface area contributed by atoms with Gasteiger partial charge < -0.3 is 8.83 Å². The molecule has 23 heavy (non-hydrogen) atoms. The van der Waals surface area contributed by atoms with Gasteiger partial charge in [0.15, 0.2) is 11.2 Å². The van der Waals surface area contributed by atoms with Gasteiger partial charge in [0, 0.05) is 0 Å². The fourth-order valence-electron chi connectivity index (χ4n) is 2.67. The van der Waals surface area contributed by atoms with Gasteiger partial charge in [-0.25, -0.2) is 9.97 Å². The van der Waals surface area contributed by atoms with E-state index in [1.807, 2.05) is 60.7 Å². The van der Waals surface area contributed by atoms with Crippen LogP contribution in [0.1, 0.15) is 5.89 Å². The summed E-state index contributed by atoms with van der Waals surface area (Å²) >= 11 is 0. The van der Waals surface area contributed by atoms with E-state index >= 15 is 0 Å². The lowest BCUT2D eigenvalue weighted by Gasteiger charge is -2.10. The van der Waals surface area contributed by atoms with Gasteiger partial charge in [-0.3, -0.25) is 0 Å². The Morgan fingerprint density at radius 1 is 0.783 bits per heavy atom. The van der Waals surface area contributed by atoms with E-state index in [4.69, 9.17) is 8.83 Å². The molecule has 0 saturated carbocycles. The lowest BCUT2D eigenvalue weighted by atomic mass is 10.3. The average molecular weight is 320 g/mol. The number of rotatable bonds is 2. The van der Waals surface area contributed by atoms with E-state index in [2.05, 4.69) is 15.4 Å². The predicted octanol–water partition coefficient (Wildman–Crippen LogP) is 4.90. The monoisotopic (exact) mass is 320 g/mol. The summed E-state index contributed by atoms with van der Waals surface area (Å²) in [6.45, 7) is 0. The van der Waals surface area contributed by atoms with Crippen LogP contribution in [0.5, 0.6) is 0 Å². The normalized spacial score (nSPS) is 18.8. The molecule has 3 heterocycles. The first-order valence-electron chi connectivity index (χ1n) is 7.28. The van der Waals surface area contributed by atoms with Gasteiger partial charge in [-0.05, 0) is 35.7 Å². The lowest BCUT2D eigenvalue weighted by molar-refractivity contribution is 0.489. The number of allylic oxidation sites excluding steroid dienone is 2. The zero-order valence-electron chi connectivity index (χ0n) is 12.0. The number of para-hydroxylation sites is 4. The molecule has 112 valence electrons. The largest absolute Gasteiger partial charge is 0.436 e. The van der Waals surface area contributed by atoms with Crippen LogP contribution in [-0.2, 0) is 0 Å². The van der Waals surface area contributed by atoms with Gasteiger partial charge in [-0.2, -0.15) is 0 Å². The number of fused-ring (bicyclic) bond motifs is 2. The van der Waals surface area contributed by atoms with Gasteiger partial charge in [0.2, 0.25) is 11.1 Å². The van der Waals surface area contributed by atoms with Crippen molar-refractivity contribution in [3.8, 4) is 0 Å². The molecule has 1 unspecified atom stereocenters. The van der Waals surface area contributed by atoms with E-state index in [1.165, 1.54) is 0 Å². The van der Waals surface area contributed by atoms with Crippen molar-refractivity contribution in [1.82, 2.24) is 9.97 Å². The molecule has 0 aliphatic carbocycles. The highest BCUT2D eigenvalue weighted by Crippen LogP contribution is 2.53. The van der Waals surface area contributed by atoms with Crippen LogP contribution >= 0.6 is 10.9 Å². The average Bonchev–Trinajstić information content (AvgIpc) is 3.30. The van der Waals surface area contributed by atoms with E-state index in [0.717, 1.165) is 32.3 Å².